The first-order chi connectivity index (χ1) is 13.7. The molecule has 2 N–H and O–H groups in total. The second kappa shape index (κ2) is 10.7. The number of H-pyrrole nitrogens is 1. The number of nitrogens with one attached hydrogen (secondary N) is 1. The van der Waals surface area contributed by atoms with Crippen LogP contribution in [0.25, 0.3) is 0 Å². The number of aromatic nitrogens is 4. The smallest absolute Gasteiger partial charge is 0.223 e. The van der Waals surface area contributed by atoms with Crippen LogP contribution in [0.5, 0.6) is 0 Å². The minimum atomic E-state index is -0.523. The number of aliphatic hydroxyl groups is 1. The van der Waals surface area contributed by atoms with Crippen molar-refractivity contribution in [3.8, 4) is 0 Å². The van der Waals surface area contributed by atoms with Crippen molar-refractivity contribution < 1.29 is 9.90 Å². The lowest BCUT2D eigenvalue weighted by atomic mass is 10.1. The lowest BCUT2D eigenvalue weighted by molar-refractivity contribution is -0.128. The number of hydrogen-bond acceptors (Lipinski definition) is 5. The highest BCUT2D eigenvalue weighted by Gasteiger charge is 2.28. The molecule has 28 heavy (non-hydrogen) atoms. The van der Waals surface area contributed by atoms with Crippen LogP contribution in [0.3, 0.4) is 0 Å². The van der Waals surface area contributed by atoms with Gasteiger partial charge in [0.25, 0.3) is 0 Å². The normalized spacial score (nSPS) is 18.2. The standard InChI is InChI=1S/C21H29N5O2/c27-19(16-17-8-4-3-5-9-17)13-11-18-12-14-21(28)26(18)15-7-2-1-6-10-20-22-24-25-23-20/h3-5,8-9,11,13,18-19,27H,1-2,6-7,10,12,14-16H2,(H,22,23,24,25)/b13-11-/t18-,19-/m0/s1. The highest BCUT2D eigenvalue weighted by molar-refractivity contribution is 5.79. The van der Waals surface area contributed by atoms with Crippen LogP contribution in [0.15, 0.2) is 42.5 Å². The molecule has 0 radical (unpaired) electrons. The fourth-order valence-corrected chi connectivity index (χ4v) is 3.63. The Kier molecular flexibility index (Phi) is 7.72. The van der Waals surface area contributed by atoms with Crippen LogP contribution in [0.1, 0.15) is 49.9 Å². The summed E-state index contributed by atoms with van der Waals surface area (Å²) in [7, 11) is 0. The predicted molar refractivity (Wildman–Crippen MR) is 106 cm³/mol. The molecule has 1 aromatic carbocycles. The van der Waals surface area contributed by atoms with Crippen LogP contribution in [0.4, 0.5) is 0 Å². The zero-order valence-electron chi connectivity index (χ0n) is 16.2. The van der Waals surface area contributed by atoms with Crippen molar-refractivity contribution in [1.29, 1.82) is 0 Å². The molecule has 7 nitrogen and oxygen atoms in total. The maximum atomic E-state index is 12.2. The average Bonchev–Trinajstić information content (AvgIpc) is 3.34. The molecule has 1 aromatic heterocycles. The lowest BCUT2D eigenvalue weighted by Gasteiger charge is -2.22. The predicted octanol–water partition coefficient (Wildman–Crippen LogP) is 2.45. The second-order valence-electron chi connectivity index (χ2n) is 7.33. The van der Waals surface area contributed by atoms with Gasteiger partial charge in [0.1, 0.15) is 0 Å². The van der Waals surface area contributed by atoms with Crippen LogP contribution >= 0.6 is 0 Å². The number of carbonyl (C=O) groups is 1. The van der Waals surface area contributed by atoms with Gasteiger partial charge in [-0.05, 0) is 24.8 Å². The number of benzene rings is 1. The highest BCUT2D eigenvalue weighted by Crippen LogP contribution is 2.21. The van der Waals surface area contributed by atoms with Gasteiger partial charge in [-0.1, -0.05) is 60.5 Å². The molecule has 2 aromatic rings. The largest absolute Gasteiger partial charge is 0.389 e. The SMILES string of the molecule is O=C1CC[C@H](/C=C\[C@H](O)Cc2ccccc2)N1CCCCCCc1nn[nH]n1. The minimum Gasteiger partial charge on any atom is -0.389 e. The Bertz CT molecular complexity index is 733. The van der Waals surface area contributed by atoms with Crippen LogP contribution in [0.2, 0.25) is 0 Å². The van der Waals surface area contributed by atoms with E-state index in [1.165, 1.54) is 0 Å². The number of aryl methyl sites for hydroxylation is 1. The number of carbonyl (C=O) groups excluding carboxylic acids is 1. The summed E-state index contributed by atoms with van der Waals surface area (Å²) >= 11 is 0. The van der Waals surface area contributed by atoms with E-state index in [1.807, 2.05) is 47.4 Å². The van der Waals surface area contributed by atoms with E-state index in [0.29, 0.717) is 12.8 Å². The average molecular weight is 383 g/mol. The summed E-state index contributed by atoms with van der Waals surface area (Å²) in [6, 6.07) is 10.1. The van der Waals surface area contributed by atoms with Crippen LogP contribution in [-0.2, 0) is 17.6 Å². The van der Waals surface area contributed by atoms with E-state index in [0.717, 1.165) is 56.5 Å². The molecule has 0 saturated carbocycles. The van der Waals surface area contributed by atoms with Crippen molar-refractivity contribution in [2.24, 2.45) is 0 Å². The number of aliphatic hydroxyl groups excluding tert-OH is 1. The summed E-state index contributed by atoms with van der Waals surface area (Å²) in [5, 5.41) is 24.2. The van der Waals surface area contributed by atoms with Crippen molar-refractivity contribution in [2.45, 2.75) is 63.5 Å². The van der Waals surface area contributed by atoms with Gasteiger partial charge in [0.05, 0.1) is 12.1 Å². The molecule has 1 aliphatic heterocycles. The number of rotatable bonds is 11. The lowest BCUT2D eigenvalue weighted by Crippen LogP contribution is -2.32. The van der Waals surface area contributed by atoms with Crippen molar-refractivity contribution in [3.05, 3.63) is 53.9 Å². The zero-order chi connectivity index (χ0) is 19.6. The van der Waals surface area contributed by atoms with Crippen LogP contribution in [-0.4, -0.2) is 55.2 Å². The van der Waals surface area contributed by atoms with Gasteiger partial charge in [-0.3, -0.25) is 4.79 Å². The van der Waals surface area contributed by atoms with Crippen molar-refractivity contribution >= 4 is 5.91 Å². The Hall–Kier alpha value is -2.54. The van der Waals surface area contributed by atoms with Gasteiger partial charge in [0.15, 0.2) is 5.82 Å². The molecular weight excluding hydrogens is 354 g/mol. The number of nitrogens with zero attached hydrogens (tertiary/aromatic N) is 4. The van der Waals surface area contributed by atoms with Gasteiger partial charge in [-0.25, -0.2) is 0 Å². The molecular formula is C21H29N5O2. The van der Waals surface area contributed by atoms with Crippen molar-refractivity contribution in [1.82, 2.24) is 25.5 Å². The molecule has 3 rings (SSSR count). The minimum absolute atomic E-state index is 0.109. The van der Waals surface area contributed by atoms with Gasteiger partial charge < -0.3 is 10.0 Å². The van der Waals surface area contributed by atoms with E-state index in [4.69, 9.17) is 0 Å². The first-order valence-corrected chi connectivity index (χ1v) is 10.1. The Morgan fingerprint density at radius 1 is 1.21 bits per heavy atom. The summed E-state index contributed by atoms with van der Waals surface area (Å²) in [6.45, 7) is 0.783. The summed E-state index contributed by atoms with van der Waals surface area (Å²) < 4.78 is 0. The Morgan fingerprint density at radius 3 is 2.82 bits per heavy atom. The summed E-state index contributed by atoms with van der Waals surface area (Å²) in [5.74, 6) is 0.980. The van der Waals surface area contributed by atoms with E-state index in [2.05, 4.69) is 20.6 Å². The third-order valence-electron chi connectivity index (χ3n) is 5.16. The topological polar surface area (TPSA) is 95.0 Å². The molecule has 1 amide bonds. The second-order valence-corrected chi connectivity index (χ2v) is 7.33. The monoisotopic (exact) mass is 383 g/mol. The number of hydrogen-bond donors (Lipinski definition) is 2. The number of tetrazole rings is 1. The number of likely N-dealkylation sites (tertiary alicyclic amines) is 1. The first-order valence-electron chi connectivity index (χ1n) is 10.1. The first kappa shape index (κ1) is 20.2. The van der Waals surface area contributed by atoms with E-state index in [-0.39, 0.29) is 11.9 Å². The van der Waals surface area contributed by atoms with Gasteiger partial charge in [-0.15, -0.1) is 10.2 Å². The van der Waals surface area contributed by atoms with Crippen molar-refractivity contribution in [3.63, 3.8) is 0 Å². The quantitative estimate of drug-likeness (QED) is 0.459. The maximum Gasteiger partial charge on any atom is 0.223 e. The summed E-state index contributed by atoms with van der Waals surface area (Å²) in [6.07, 6.45) is 10.4. The van der Waals surface area contributed by atoms with Gasteiger partial charge in [-0.2, -0.15) is 5.21 Å². The number of aromatic amines is 1. The van der Waals surface area contributed by atoms with E-state index >= 15 is 0 Å². The molecule has 0 bridgehead atoms. The molecule has 150 valence electrons. The van der Waals surface area contributed by atoms with Gasteiger partial charge >= 0.3 is 0 Å². The van der Waals surface area contributed by atoms with Gasteiger partial charge in [0.2, 0.25) is 5.91 Å². The van der Waals surface area contributed by atoms with Crippen LogP contribution < -0.4 is 0 Å². The fraction of sp³-hybridized carbons (Fsp3) is 0.524. The molecule has 2 atom stereocenters. The maximum absolute atomic E-state index is 12.2. The third kappa shape index (κ3) is 6.27. The zero-order valence-corrected chi connectivity index (χ0v) is 16.2. The molecule has 1 saturated heterocycles. The Morgan fingerprint density at radius 2 is 2.04 bits per heavy atom. The molecule has 2 heterocycles. The Balaban J connectivity index is 1.37. The highest BCUT2D eigenvalue weighted by atomic mass is 16.3. The van der Waals surface area contributed by atoms with Crippen LogP contribution in [0, 0.1) is 0 Å². The fourth-order valence-electron chi connectivity index (χ4n) is 3.63. The van der Waals surface area contributed by atoms with E-state index in [1.54, 1.807) is 0 Å². The summed E-state index contributed by atoms with van der Waals surface area (Å²) in [4.78, 5) is 14.2. The molecule has 7 heteroatoms. The Labute approximate surface area is 165 Å². The summed E-state index contributed by atoms with van der Waals surface area (Å²) in [5.41, 5.74) is 1.11. The van der Waals surface area contributed by atoms with Crippen molar-refractivity contribution in [2.75, 3.05) is 6.54 Å². The number of amides is 1. The van der Waals surface area contributed by atoms with E-state index in [9.17, 15) is 9.90 Å². The third-order valence-corrected chi connectivity index (χ3v) is 5.16. The molecule has 0 spiro atoms. The van der Waals surface area contributed by atoms with Gasteiger partial charge in [0, 0.05) is 25.8 Å². The molecule has 1 fully saturated rings. The number of unbranched alkanes of at least 4 members (excludes halogenated alkanes) is 3. The van der Waals surface area contributed by atoms with E-state index < -0.39 is 6.10 Å². The molecule has 0 unspecified atom stereocenters. The molecule has 0 aliphatic carbocycles. The molecule has 1 aliphatic rings.